The van der Waals surface area contributed by atoms with E-state index in [1.165, 1.54) is 17.0 Å². The maximum Gasteiger partial charge on any atom is 0.415 e. The quantitative estimate of drug-likeness (QED) is 0.539. The highest BCUT2D eigenvalue weighted by atomic mass is 32.2. The van der Waals surface area contributed by atoms with E-state index in [-0.39, 0.29) is 6.54 Å². The van der Waals surface area contributed by atoms with Crippen molar-refractivity contribution >= 4 is 23.9 Å². The van der Waals surface area contributed by atoms with Crippen molar-refractivity contribution in [3.8, 4) is 17.4 Å². The topological polar surface area (TPSA) is 79.8 Å². The van der Waals surface area contributed by atoms with Crippen molar-refractivity contribution in [1.29, 1.82) is 0 Å². The number of amides is 1. The number of nitrogens with zero attached hydrogens (tertiary/aromatic N) is 4. The van der Waals surface area contributed by atoms with E-state index >= 15 is 0 Å². The molecule has 3 aromatic rings. The van der Waals surface area contributed by atoms with Crippen LogP contribution in [0.1, 0.15) is 11.1 Å². The first kappa shape index (κ1) is 20.9. The van der Waals surface area contributed by atoms with Crippen molar-refractivity contribution in [3.63, 3.8) is 0 Å². The normalized spacial score (nSPS) is 13.0. The predicted octanol–water partition coefficient (Wildman–Crippen LogP) is 4.46. The van der Waals surface area contributed by atoms with Gasteiger partial charge in [-0.2, -0.15) is 5.10 Å². The summed E-state index contributed by atoms with van der Waals surface area (Å²) in [4.78, 5) is 14.0. The number of halogens is 1. The lowest BCUT2D eigenvalue weighted by Crippen LogP contribution is -2.36. The van der Waals surface area contributed by atoms with Crippen molar-refractivity contribution in [2.75, 3.05) is 18.8 Å². The Balaban J connectivity index is 1.47. The van der Waals surface area contributed by atoms with Crippen LogP contribution in [0.2, 0.25) is 0 Å². The number of hydrogen-bond donors (Lipinski definition) is 1. The molecule has 2 aromatic carbocycles. The molecule has 1 N–H and O–H groups in total. The number of rotatable bonds is 7. The Bertz CT molecular complexity index is 1080. The lowest BCUT2D eigenvalue weighted by atomic mass is 10.1. The molecule has 1 aliphatic rings. The average molecular weight is 441 g/mol. The van der Waals surface area contributed by atoms with E-state index in [0.717, 1.165) is 5.56 Å². The number of fused-ring (bicyclic) bond motifs is 1. The van der Waals surface area contributed by atoms with E-state index in [9.17, 15) is 9.18 Å². The highest BCUT2D eigenvalue weighted by Gasteiger charge is 2.26. The molecule has 0 fully saturated rings. The van der Waals surface area contributed by atoms with E-state index in [2.05, 4.69) is 14.9 Å². The number of hydrogen-bond acceptors (Lipinski definition) is 8. The summed E-state index contributed by atoms with van der Waals surface area (Å²) in [5.74, 6) is 0.815. The smallest absolute Gasteiger partial charge is 0.415 e. The van der Waals surface area contributed by atoms with Gasteiger partial charge in [0.15, 0.2) is 5.82 Å². The van der Waals surface area contributed by atoms with Gasteiger partial charge in [0.1, 0.15) is 11.5 Å². The van der Waals surface area contributed by atoms with Crippen molar-refractivity contribution in [1.82, 2.24) is 19.4 Å². The molecule has 0 aliphatic carbocycles. The number of carbonyl (C=O) groups excluding carboxylic acids is 1. The van der Waals surface area contributed by atoms with Crippen LogP contribution in [-0.4, -0.2) is 39.6 Å². The minimum Gasteiger partial charge on any atom is -0.437 e. The van der Waals surface area contributed by atoms with Gasteiger partial charge in [-0.25, -0.2) is 13.5 Å². The number of aromatic nitrogens is 2. The average Bonchev–Trinajstić information content (AvgIpc) is 2.75. The third-order valence-electron chi connectivity index (χ3n) is 4.40. The molecular formula is C21H20FN5O3S. The molecule has 2 heterocycles. The van der Waals surface area contributed by atoms with Gasteiger partial charge in [-0.15, -0.1) is 5.10 Å². The fourth-order valence-electron chi connectivity index (χ4n) is 2.96. The van der Waals surface area contributed by atoms with E-state index in [0.29, 0.717) is 35.2 Å². The van der Waals surface area contributed by atoms with Crippen molar-refractivity contribution in [2.45, 2.75) is 13.1 Å². The molecule has 1 aliphatic heterocycles. The van der Waals surface area contributed by atoms with Crippen LogP contribution >= 0.6 is 12.1 Å². The molecular weight excluding hydrogens is 421 g/mol. The lowest BCUT2D eigenvalue weighted by molar-refractivity contribution is 0.134. The van der Waals surface area contributed by atoms with Gasteiger partial charge in [0.25, 0.3) is 0 Å². The van der Waals surface area contributed by atoms with Gasteiger partial charge >= 0.3 is 6.09 Å². The zero-order valence-electron chi connectivity index (χ0n) is 16.9. The number of carbonyl (C=O) groups is 1. The molecule has 0 unspecified atom stereocenters. The van der Waals surface area contributed by atoms with Crippen molar-refractivity contribution < 1.29 is 18.7 Å². The molecule has 0 radical (unpaired) electrons. The Kier molecular flexibility index (Phi) is 6.19. The molecule has 0 saturated carbocycles. The Morgan fingerprint density at radius 1 is 1.26 bits per heavy atom. The van der Waals surface area contributed by atoms with Gasteiger partial charge in [-0.1, -0.05) is 12.1 Å². The second kappa shape index (κ2) is 9.19. The fraction of sp³-hybridized carbons (Fsp3) is 0.190. The summed E-state index contributed by atoms with van der Waals surface area (Å²) in [5.41, 5.74) is 1.55. The monoisotopic (exact) mass is 441 g/mol. The summed E-state index contributed by atoms with van der Waals surface area (Å²) < 4.78 is 30.7. The fourth-order valence-corrected chi connectivity index (χ4v) is 3.40. The summed E-state index contributed by atoms with van der Waals surface area (Å²) in [6.07, 6.45) is 0.996. The van der Waals surface area contributed by atoms with Crippen LogP contribution in [0.5, 0.6) is 17.4 Å². The molecule has 0 bridgehead atoms. The second-order valence-electron chi connectivity index (χ2n) is 6.94. The maximum absolute atomic E-state index is 14.9. The lowest BCUT2D eigenvalue weighted by Gasteiger charge is -2.28. The third-order valence-corrected chi connectivity index (χ3v) is 5.08. The number of benzene rings is 2. The third kappa shape index (κ3) is 5.04. The first-order valence-electron chi connectivity index (χ1n) is 9.42. The van der Waals surface area contributed by atoms with E-state index in [4.69, 9.17) is 9.47 Å². The minimum absolute atomic E-state index is 0.0874. The molecule has 0 saturated heterocycles. The molecule has 10 heteroatoms. The van der Waals surface area contributed by atoms with Crippen LogP contribution < -0.4 is 14.2 Å². The van der Waals surface area contributed by atoms with Gasteiger partial charge in [0, 0.05) is 41.6 Å². The van der Waals surface area contributed by atoms with E-state index < -0.39 is 11.9 Å². The zero-order chi connectivity index (χ0) is 21.8. The molecule has 8 nitrogen and oxygen atoms in total. The summed E-state index contributed by atoms with van der Waals surface area (Å²) in [6, 6.07) is 13.6. The summed E-state index contributed by atoms with van der Waals surface area (Å²) in [5, 5.41) is 7.62. The molecule has 1 aromatic heterocycles. The Morgan fingerprint density at radius 2 is 2.13 bits per heavy atom. The number of anilines is 1. The molecule has 0 atom stereocenters. The van der Waals surface area contributed by atoms with Crippen LogP contribution in [0.3, 0.4) is 0 Å². The second-order valence-corrected chi connectivity index (χ2v) is 8.06. The Morgan fingerprint density at radius 3 is 2.90 bits per heavy atom. The van der Waals surface area contributed by atoms with Crippen LogP contribution in [0.4, 0.5) is 14.9 Å². The first-order chi connectivity index (χ1) is 15.0. The van der Waals surface area contributed by atoms with Gasteiger partial charge in [0.2, 0.25) is 5.88 Å². The van der Waals surface area contributed by atoms with Crippen LogP contribution in [0.25, 0.3) is 0 Å². The molecule has 4 rings (SSSR count). The van der Waals surface area contributed by atoms with Crippen LogP contribution in [0.15, 0.2) is 54.7 Å². The Hall–Kier alpha value is -3.37. The van der Waals surface area contributed by atoms with E-state index in [1.54, 1.807) is 48.7 Å². The van der Waals surface area contributed by atoms with Gasteiger partial charge in [0.05, 0.1) is 18.8 Å². The molecule has 160 valence electrons. The molecule has 1 amide bonds. The molecule has 31 heavy (non-hydrogen) atoms. The number of nitrogens with one attached hydrogen (secondary N) is 1. The SMILES string of the molecule is CN(C)SNc1cccc(CN2Cc3ccc(Oc4cccnn4)cc3OC2=O)c1F. The maximum atomic E-state index is 14.9. The minimum atomic E-state index is -0.551. The zero-order valence-corrected chi connectivity index (χ0v) is 17.7. The van der Waals surface area contributed by atoms with Gasteiger partial charge in [-0.05, 0) is 38.4 Å². The Labute approximate surface area is 183 Å². The summed E-state index contributed by atoms with van der Waals surface area (Å²) in [7, 11) is 3.70. The van der Waals surface area contributed by atoms with Crippen molar-refractivity contribution in [2.24, 2.45) is 0 Å². The van der Waals surface area contributed by atoms with Crippen LogP contribution in [0, 0.1) is 5.82 Å². The largest absolute Gasteiger partial charge is 0.437 e. The highest BCUT2D eigenvalue weighted by Crippen LogP contribution is 2.33. The van der Waals surface area contributed by atoms with Gasteiger partial charge < -0.3 is 14.2 Å². The number of ether oxygens (including phenoxy) is 2. The standard InChI is InChI=1S/C21H20FN5O3S/c1-26(2)31-25-17-6-3-5-15(20(17)22)13-27-12-14-8-9-16(11-18(14)30-21(27)28)29-19-7-4-10-23-24-19/h3-11,25H,12-13H2,1-2H3. The summed E-state index contributed by atoms with van der Waals surface area (Å²) in [6.45, 7) is 0.382. The first-order valence-corrected chi connectivity index (χ1v) is 10.2. The molecule has 0 spiro atoms. The predicted molar refractivity (Wildman–Crippen MR) is 115 cm³/mol. The van der Waals surface area contributed by atoms with Gasteiger partial charge in [-0.3, -0.25) is 4.90 Å². The van der Waals surface area contributed by atoms with Crippen molar-refractivity contribution in [3.05, 3.63) is 71.7 Å². The van der Waals surface area contributed by atoms with E-state index in [1.807, 2.05) is 24.5 Å². The van der Waals surface area contributed by atoms with Crippen LogP contribution in [-0.2, 0) is 13.1 Å². The highest BCUT2D eigenvalue weighted by molar-refractivity contribution is 7.98. The summed E-state index contributed by atoms with van der Waals surface area (Å²) >= 11 is 1.26.